The van der Waals surface area contributed by atoms with Crippen molar-refractivity contribution >= 4 is 11.9 Å². The molecule has 7 heteroatoms. The van der Waals surface area contributed by atoms with Gasteiger partial charge >= 0.3 is 5.97 Å². The molecule has 0 saturated carbocycles. The van der Waals surface area contributed by atoms with Gasteiger partial charge in [0.1, 0.15) is 13.2 Å². The normalized spacial score (nSPS) is 10.3. The van der Waals surface area contributed by atoms with Crippen molar-refractivity contribution in [3.05, 3.63) is 83.7 Å². The molecule has 0 radical (unpaired) electrons. The molecule has 0 saturated heterocycles. The summed E-state index contributed by atoms with van der Waals surface area (Å²) in [6, 6.07) is 19.1. The number of benzene rings is 2. The first-order valence-corrected chi connectivity index (χ1v) is 8.12. The minimum Gasteiger partial charge on any atom is -0.460 e. The zero-order valence-electron chi connectivity index (χ0n) is 14.0. The smallest absolute Gasteiger partial charge is 0.325 e. The first kappa shape index (κ1) is 17.3. The highest BCUT2D eigenvalue weighted by atomic mass is 16.5. The van der Waals surface area contributed by atoms with E-state index in [0.29, 0.717) is 6.54 Å². The predicted molar refractivity (Wildman–Crippen MR) is 94.1 cm³/mol. The summed E-state index contributed by atoms with van der Waals surface area (Å²) in [5.74, 6) is -0.986. The van der Waals surface area contributed by atoms with Crippen LogP contribution in [0, 0.1) is 0 Å². The lowest BCUT2D eigenvalue weighted by Crippen LogP contribution is -2.30. The molecule has 0 aliphatic heterocycles. The molecule has 1 aromatic heterocycles. The Balaban J connectivity index is 1.45. The quantitative estimate of drug-likeness (QED) is 0.657. The van der Waals surface area contributed by atoms with Crippen LogP contribution in [0.4, 0.5) is 0 Å². The van der Waals surface area contributed by atoms with Gasteiger partial charge in [0.05, 0.1) is 12.7 Å². The number of amides is 1. The van der Waals surface area contributed by atoms with Crippen LogP contribution in [0.2, 0.25) is 0 Å². The largest absolute Gasteiger partial charge is 0.460 e. The lowest BCUT2D eigenvalue weighted by molar-refractivity contribution is -0.143. The highest BCUT2D eigenvalue weighted by Crippen LogP contribution is 2.03. The number of aromatic nitrogens is 3. The second kappa shape index (κ2) is 8.57. The third kappa shape index (κ3) is 5.01. The summed E-state index contributed by atoms with van der Waals surface area (Å²) >= 11 is 0. The first-order valence-electron chi connectivity index (χ1n) is 8.12. The van der Waals surface area contributed by atoms with Gasteiger partial charge in [-0.15, -0.1) is 5.10 Å². The number of hydrogen-bond donors (Lipinski definition) is 1. The van der Waals surface area contributed by atoms with Crippen molar-refractivity contribution < 1.29 is 14.3 Å². The average molecular weight is 350 g/mol. The first-order chi connectivity index (χ1) is 12.7. The van der Waals surface area contributed by atoms with E-state index in [9.17, 15) is 9.59 Å². The van der Waals surface area contributed by atoms with Crippen LogP contribution in [0.1, 0.15) is 21.6 Å². The van der Waals surface area contributed by atoms with E-state index < -0.39 is 11.9 Å². The fourth-order valence-corrected chi connectivity index (χ4v) is 2.28. The molecule has 0 fully saturated rings. The van der Waals surface area contributed by atoms with Crippen molar-refractivity contribution in [3.63, 3.8) is 0 Å². The number of ether oxygens (including phenoxy) is 1. The van der Waals surface area contributed by atoms with E-state index in [1.807, 2.05) is 60.7 Å². The molecular weight excluding hydrogens is 332 g/mol. The molecule has 0 atom stereocenters. The number of carbonyl (C=O) groups is 2. The molecule has 0 bridgehead atoms. The Kier molecular flexibility index (Phi) is 5.72. The minimum absolute atomic E-state index is 0.150. The van der Waals surface area contributed by atoms with Gasteiger partial charge in [0.2, 0.25) is 0 Å². The number of hydrogen-bond acceptors (Lipinski definition) is 5. The van der Waals surface area contributed by atoms with E-state index in [-0.39, 0.29) is 18.8 Å². The number of esters is 1. The standard InChI is InChI=1S/C19H18N4O3/c24-18(26-14-16-9-5-2-6-10-16)11-20-19(25)17-13-23(22-21-17)12-15-7-3-1-4-8-15/h1-10,13H,11-12,14H2,(H,20,25). The monoisotopic (exact) mass is 350 g/mol. The predicted octanol–water partition coefficient (Wildman–Crippen LogP) is 1.80. The molecule has 2 aromatic carbocycles. The summed E-state index contributed by atoms with van der Waals surface area (Å²) in [6.45, 7) is 0.459. The van der Waals surface area contributed by atoms with Gasteiger partial charge in [0.25, 0.3) is 5.91 Å². The maximum Gasteiger partial charge on any atom is 0.325 e. The van der Waals surface area contributed by atoms with Crippen LogP contribution in [-0.4, -0.2) is 33.4 Å². The number of rotatable bonds is 7. The van der Waals surface area contributed by atoms with Gasteiger partial charge in [0, 0.05) is 0 Å². The highest BCUT2D eigenvalue weighted by molar-refractivity contribution is 5.93. The van der Waals surface area contributed by atoms with Gasteiger partial charge in [-0.3, -0.25) is 9.59 Å². The SMILES string of the molecule is O=C(CNC(=O)c1cn(Cc2ccccc2)nn1)OCc1ccccc1. The Morgan fingerprint density at radius 2 is 1.62 bits per heavy atom. The van der Waals surface area contributed by atoms with Crippen LogP contribution in [0.5, 0.6) is 0 Å². The fourth-order valence-electron chi connectivity index (χ4n) is 2.28. The van der Waals surface area contributed by atoms with Crippen LogP contribution < -0.4 is 5.32 Å². The third-order valence-electron chi connectivity index (χ3n) is 3.59. The number of nitrogens with zero attached hydrogens (tertiary/aromatic N) is 3. The molecule has 1 N–H and O–H groups in total. The van der Waals surface area contributed by atoms with Crippen molar-refractivity contribution in [1.29, 1.82) is 0 Å². The van der Waals surface area contributed by atoms with Crippen LogP contribution >= 0.6 is 0 Å². The molecule has 0 unspecified atom stereocenters. The van der Waals surface area contributed by atoms with Gasteiger partial charge in [-0.2, -0.15) is 0 Å². The van der Waals surface area contributed by atoms with E-state index in [0.717, 1.165) is 11.1 Å². The Bertz CT molecular complexity index is 863. The molecule has 7 nitrogen and oxygen atoms in total. The van der Waals surface area contributed by atoms with E-state index in [1.54, 1.807) is 4.68 Å². The Hall–Kier alpha value is -3.48. The Labute approximate surface area is 150 Å². The Morgan fingerprint density at radius 1 is 0.962 bits per heavy atom. The van der Waals surface area contributed by atoms with Gasteiger partial charge in [-0.25, -0.2) is 4.68 Å². The minimum atomic E-state index is -0.515. The van der Waals surface area contributed by atoms with Crippen molar-refractivity contribution in [1.82, 2.24) is 20.3 Å². The number of carbonyl (C=O) groups excluding carboxylic acids is 2. The zero-order chi connectivity index (χ0) is 18.2. The van der Waals surface area contributed by atoms with E-state index in [4.69, 9.17) is 4.74 Å². The molecular formula is C19H18N4O3. The van der Waals surface area contributed by atoms with Gasteiger partial charge in [-0.05, 0) is 11.1 Å². The maximum atomic E-state index is 12.1. The molecule has 1 amide bonds. The molecule has 132 valence electrons. The molecule has 0 aliphatic rings. The molecule has 1 heterocycles. The van der Waals surface area contributed by atoms with Gasteiger partial charge < -0.3 is 10.1 Å². The summed E-state index contributed by atoms with van der Waals surface area (Å²) in [6.07, 6.45) is 1.54. The Morgan fingerprint density at radius 3 is 2.31 bits per heavy atom. The summed E-state index contributed by atoms with van der Waals surface area (Å²) in [5, 5.41) is 10.2. The average Bonchev–Trinajstić information content (AvgIpc) is 3.14. The van der Waals surface area contributed by atoms with Gasteiger partial charge in [0.15, 0.2) is 5.69 Å². The molecule has 3 rings (SSSR count). The van der Waals surface area contributed by atoms with E-state index in [1.165, 1.54) is 6.20 Å². The van der Waals surface area contributed by atoms with E-state index in [2.05, 4.69) is 15.6 Å². The summed E-state index contributed by atoms with van der Waals surface area (Å²) in [7, 11) is 0. The lowest BCUT2D eigenvalue weighted by atomic mass is 10.2. The van der Waals surface area contributed by atoms with Crippen LogP contribution in [0.15, 0.2) is 66.9 Å². The second-order valence-electron chi connectivity index (χ2n) is 5.62. The zero-order valence-corrected chi connectivity index (χ0v) is 14.0. The van der Waals surface area contributed by atoms with Crippen molar-refractivity contribution in [2.45, 2.75) is 13.2 Å². The lowest BCUT2D eigenvalue weighted by Gasteiger charge is -2.05. The molecule has 3 aromatic rings. The molecule has 26 heavy (non-hydrogen) atoms. The fraction of sp³-hybridized carbons (Fsp3) is 0.158. The van der Waals surface area contributed by atoms with Crippen LogP contribution in [0.3, 0.4) is 0 Å². The topological polar surface area (TPSA) is 86.1 Å². The second-order valence-corrected chi connectivity index (χ2v) is 5.62. The van der Waals surface area contributed by atoms with Crippen LogP contribution in [-0.2, 0) is 22.7 Å². The summed E-state index contributed by atoms with van der Waals surface area (Å²) in [5.41, 5.74) is 2.08. The molecule has 0 spiro atoms. The maximum absolute atomic E-state index is 12.1. The molecule has 0 aliphatic carbocycles. The van der Waals surface area contributed by atoms with Crippen molar-refractivity contribution in [3.8, 4) is 0 Å². The van der Waals surface area contributed by atoms with E-state index >= 15 is 0 Å². The highest BCUT2D eigenvalue weighted by Gasteiger charge is 2.13. The summed E-state index contributed by atoms with van der Waals surface area (Å²) < 4.78 is 6.67. The third-order valence-corrected chi connectivity index (χ3v) is 3.59. The van der Waals surface area contributed by atoms with Crippen molar-refractivity contribution in [2.24, 2.45) is 0 Å². The van der Waals surface area contributed by atoms with Gasteiger partial charge in [-0.1, -0.05) is 65.9 Å². The van der Waals surface area contributed by atoms with Crippen molar-refractivity contribution in [2.75, 3.05) is 6.54 Å². The number of nitrogens with one attached hydrogen (secondary N) is 1. The summed E-state index contributed by atoms with van der Waals surface area (Å²) in [4.78, 5) is 23.8. The van der Waals surface area contributed by atoms with Crippen LogP contribution in [0.25, 0.3) is 0 Å².